The number of benzene rings is 1. The van der Waals surface area contributed by atoms with Gasteiger partial charge in [-0.05, 0) is 50.2 Å². The van der Waals surface area contributed by atoms with Gasteiger partial charge in [-0.15, -0.1) is 0 Å². The summed E-state index contributed by atoms with van der Waals surface area (Å²) in [5, 5.41) is 9.54. The van der Waals surface area contributed by atoms with Crippen LogP contribution < -0.4 is 9.62 Å². The zero-order valence-corrected chi connectivity index (χ0v) is 15.6. The summed E-state index contributed by atoms with van der Waals surface area (Å²) in [6.45, 7) is 7.44. The maximum Gasteiger partial charge on any atom is 0.240 e. The molecule has 0 saturated heterocycles. The molecule has 0 spiro atoms. The molecule has 0 radical (unpaired) electrons. The lowest BCUT2D eigenvalue weighted by atomic mass is 10.2. The number of nitrogens with zero attached hydrogens (tertiary/aromatic N) is 2. The molecular weight excluding hydrogens is 326 g/mol. The fourth-order valence-corrected chi connectivity index (χ4v) is 4.32. The molecule has 1 aliphatic heterocycles. The topological polar surface area (TPSA) is 72.9 Å². The van der Waals surface area contributed by atoms with Gasteiger partial charge in [0.2, 0.25) is 10.0 Å². The van der Waals surface area contributed by atoms with Gasteiger partial charge in [0.05, 0.1) is 11.5 Å². The van der Waals surface area contributed by atoms with Gasteiger partial charge < -0.3 is 14.9 Å². The Bertz CT molecular complexity index is 644. The molecule has 0 bridgehead atoms. The molecule has 0 aliphatic carbocycles. The molecule has 0 saturated carbocycles. The van der Waals surface area contributed by atoms with Crippen LogP contribution in [0.2, 0.25) is 0 Å². The highest BCUT2D eigenvalue weighted by Gasteiger charge is 2.23. The minimum absolute atomic E-state index is 0.203. The summed E-state index contributed by atoms with van der Waals surface area (Å²) in [4.78, 5) is 4.54. The van der Waals surface area contributed by atoms with Gasteiger partial charge in [-0.25, -0.2) is 13.1 Å². The van der Waals surface area contributed by atoms with Gasteiger partial charge in [0.15, 0.2) is 0 Å². The standard InChI is InChI=1S/C17H29N3O3S/c1-4-20(5-2)11-9-15(13-21)18-24(22,23)16-7-6-14-8-10-19(3)17(14)12-16/h6-7,12,15,18,21H,4-5,8-11,13H2,1-3H3. The molecule has 1 heterocycles. The first kappa shape index (κ1) is 19.2. The predicted octanol–water partition coefficient (Wildman–Crippen LogP) is 1.05. The van der Waals surface area contributed by atoms with E-state index in [1.807, 2.05) is 13.1 Å². The van der Waals surface area contributed by atoms with Gasteiger partial charge in [-0.2, -0.15) is 0 Å². The lowest BCUT2D eigenvalue weighted by Gasteiger charge is -2.22. The van der Waals surface area contributed by atoms with E-state index in [0.717, 1.165) is 38.3 Å². The van der Waals surface area contributed by atoms with Crippen molar-refractivity contribution in [2.75, 3.05) is 44.7 Å². The van der Waals surface area contributed by atoms with E-state index in [0.29, 0.717) is 6.42 Å². The molecule has 136 valence electrons. The van der Waals surface area contributed by atoms with Gasteiger partial charge in [-0.1, -0.05) is 19.9 Å². The molecule has 1 aromatic carbocycles. The van der Waals surface area contributed by atoms with Crippen molar-refractivity contribution in [1.82, 2.24) is 9.62 Å². The van der Waals surface area contributed by atoms with E-state index in [9.17, 15) is 13.5 Å². The van der Waals surface area contributed by atoms with E-state index in [4.69, 9.17) is 0 Å². The van der Waals surface area contributed by atoms with E-state index in [1.54, 1.807) is 12.1 Å². The zero-order valence-electron chi connectivity index (χ0n) is 14.8. The summed E-state index contributed by atoms with van der Waals surface area (Å²) >= 11 is 0. The van der Waals surface area contributed by atoms with Crippen LogP contribution in [0.15, 0.2) is 23.1 Å². The monoisotopic (exact) mass is 355 g/mol. The van der Waals surface area contributed by atoms with Crippen LogP contribution in [0.5, 0.6) is 0 Å². The number of aliphatic hydroxyl groups excluding tert-OH is 1. The Hall–Kier alpha value is -1.15. The number of aliphatic hydroxyl groups is 1. The summed E-state index contributed by atoms with van der Waals surface area (Å²) in [5.41, 5.74) is 2.15. The Balaban J connectivity index is 2.08. The number of hydrogen-bond acceptors (Lipinski definition) is 5. The number of sulfonamides is 1. The third-order valence-corrected chi connectivity index (χ3v) is 6.24. The number of anilines is 1. The Morgan fingerprint density at radius 1 is 1.33 bits per heavy atom. The zero-order chi connectivity index (χ0) is 17.7. The lowest BCUT2D eigenvalue weighted by Crippen LogP contribution is -2.40. The molecule has 24 heavy (non-hydrogen) atoms. The molecule has 2 N–H and O–H groups in total. The molecule has 0 amide bonds. The van der Waals surface area contributed by atoms with Crippen LogP contribution in [0, 0.1) is 0 Å². The Labute approximate surface area is 145 Å². The van der Waals surface area contributed by atoms with Gasteiger partial charge in [-0.3, -0.25) is 0 Å². The van der Waals surface area contributed by atoms with E-state index >= 15 is 0 Å². The van der Waals surface area contributed by atoms with Crippen molar-refractivity contribution < 1.29 is 13.5 Å². The van der Waals surface area contributed by atoms with Gasteiger partial charge in [0.1, 0.15) is 0 Å². The van der Waals surface area contributed by atoms with Crippen molar-refractivity contribution in [2.45, 2.75) is 37.6 Å². The first-order valence-corrected chi connectivity index (χ1v) is 10.1. The van der Waals surface area contributed by atoms with Gasteiger partial charge >= 0.3 is 0 Å². The fourth-order valence-electron chi connectivity index (χ4n) is 3.04. The Morgan fingerprint density at radius 2 is 2.04 bits per heavy atom. The smallest absolute Gasteiger partial charge is 0.240 e. The summed E-state index contributed by atoms with van der Waals surface area (Å²) in [6, 6.07) is 4.79. The number of fused-ring (bicyclic) bond motifs is 1. The molecule has 0 aromatic heterocycles. The summed E-state index contributed by atoms with van der Waals surface area (Å²) in [7, 11) is -1.66. The van der Waals surface area contributed by atoms with Crippen molar-refractivity contribution in [3.05, 3.63) is 23.8 Å². The van der Waals surface area contributed by atoms with Crippen LogP contribution in [0.3, 0.4) is 0 Å². The molecular formula is C17H29N3O3S. The highest BCUT2D eigenvalue weighted by Crippen LogP contribution is 2.29. The van der Waals surface area contributed by atoms with Gasteiger partial charge in [0, 0.05) is 25.3 Å². The van der Waals surface area contributed by atoms with Crippen LogP contribution in [0.4, 0.5) is 5.69 Å². The number of hydrogen-bond donors (Lipinski definition) is 2. The Kier molecular flexibility index (Phi) is 6.62. The largest absolute Gasteiger partial charge is 0.395 e. The maximum absolute atomic E-state index is 12.6. The van der Waals surface area contributed by atoms with E-state index in [-0.39, 0.29) is 11.5 Å². The van der Waals surface area contributed by atoms with Crippen molar-refractivity contribution in [3.8, 4) is 0 Å². The highest BCUT2D eigenvalue weighted by molar-refractivity contribution is 7.89. The minimum atomic E-state index is -3.63. The van der Waals surface area contributed by atoms with Crippen molar-refractivity contribution in [1.29, 1.82) is 0 Å². The first-order valence-electron chi connectivity index (χ1n) is 8.60. The van der Waals surface area contributed by atoms with Crippen LogP contribution in [0.1, 0.15) is 25.8 Å². The van der Waals surface area contributed by atoms with E-state index < -0.39 is 16.1 Å². The van der Waals surface area contributed by atoms with E-state index in [2.05, 4.69) is 28.4 Å². The predicted molar refractivity (Wildman–Crippen MR) is 97.0 cm³/mol. The van der Waals surface area contributed by atoms with Crippen LogP contribution in [-0.4, -0.2) is 64.3 Å². The third kappa shape index (κ3) is 4.47. The molecule has 0 fully saturated rings. The van der Waals surface area contributed by atoms with Crippen molar-refractivity contribution in [3.63, 3.8) is 0 Å². The summed E-state index contributed by atoms with van der Waals surface area (Å²) in [5.74, 6) is 0. The molecule has 2 rings (SSSR count). The molecule has 7 heteroatoms. The molecule has 1 atom stereocenters. The number of likely N-dealkylation sites (N-methyl/N-ethyl adjacent to an activating group) is 1. The number of rotatable bonds is 9. The SMILES string of the molecule is CCN(CC)CCC(CO)NS(=O)(=O)c1ccc2c(c1)N(C)CC2. The highest BCUT2D eigenvalue weighted by atomic mass is 32.2. The third-order valence-electron chi connectivity index (χ3n) is 4.73. The average Bonchev–Trinajstić information content (AvgIpc) is 2.95. The number of nitrogens with one attached hydrogen (secondary N) is 1. The maximum atomic E-state index is 12.6. The second-order valence-electron chi connectivity index (χ2n) is 6.28. The van der Waals surface area contributed by atoms with Crippen molar-refractivity contribution >= 4 is 15.7 Å². The average molecular weight is 356 g/mol. The second kappa shape index (κ2) is 8.29. The van der Waals surface area contributed by atoms with Crippen LogP contribution in [0.25, 0.3) is 0 Å². The Morgan fingerprint density at radius 3 is 2.67 bits per heavy atom. The molecule has 6 nitrogen and oxygen atoms in total. The van der Waals surface area contributed by atoms with Crippen molar-refractivity contribution in [2.24, 2.45) is 0 Å². The van der Waals surface area contributed by atoms with Gasteiger partial charge in [0.25, 0.3) is 0 Å². The second-order valence-corrected chi connectivity index (χ2v) is 7.99. The summed E-state index contributed by atoms with van der Waals surface area (Å²) < 4.78 is 27.9. The molecule has 1 unspecified atom stereocenters. The first-order chi connectivity index (χ1) is 11.4. The van der Waals surface area contributed by atoms with Crippen LogP contribution >= 0.6 is 0 Å². The minimum Gasteiger partial charge on any atom is -0.395 e. The fraction of sp³-hybridized carbons (Fsp3) is 0.647. The van der Waals surface area contributed by atoms with Crippen LogP contribution in [-0.2, 0) is 16.4 Å². The summed E-state index contributed by atoms with van der Waals surface area (Å²) in [6.07, 6.45) is 1.53. The van der Waals surface area contributed by atoms with E-state index in [1.165, 1.54) is 5.56 Å². The quantitative estimate of drug-likeness (QED) is 0.693. The normalized spacial score (nSPS) is 15.8. The molecule has 1 aromatic rings. The lowest BCUT2D eigenvalue weighted by molar-refractivity contribution is 0.224. The molecule has 1 aliphatic rings.